The van der Waals surface area contributed by atoms with Crippen LogP contribution in [-0.2, 0) is 14.1 Å². The van der Waals surface area contributed by atoms with E-state index in [0.29, 0.717) is 6.26 Å². The first-order valence-corrected chi connectivity index (χ1v) is 5.91. The van der Waals surface area contributed by atoms with Gasteiger partial charge in [0.05, 0.1) is 7.11 Å². The second-order valence-corrected chi connectivity index (χ2v) is 4.93. The van der Waals surface area contributed by atoms with Crippen LogP contribution in [0.3, 0.4) is 0 Å². The van der Waals surface area contributed by atoms with Crippen LogP contribution in [0.25, 0.3) is 0 Å². The first-order chi connectivity index (χ1) is 8.31. The van der Waals surface area contributed by atoms with Crippen molar-refractivity contribution in [2.45, 2.75) is 4.59 Å². The molecule has 0 aliphatic carbocycles. The molecule has 6 nitrogen and oxygen atoms in total. The number of aliphatic hydroxyl groups excluding tert-OH is 1. The van der Waals surface area contributed by atoms with E-state index in [1.165, 1.54) is 7.05 Å². The summed E-state index contributed by atoms with van der Waals surface area (Å²) in [6.07, 6.45) is 0.539. The summed E-state index contributed by atoms with van der Waals surface area (Å²) in [7, 11) is 2.56. The van der Waals surface area contributed by atoms with Crippen molar-refractivity contribution in [3.05, 3.63) is 17.8 Å². The number of aliphatic hydroxyl groups is 1. The van der Waals surface area contributed by atoms with Gasteiger partial charge in [0.2, 0.25) is 11.0 Å². The smallest absolute Gasteiger partial charge is 0.357 e. The Morgan fingerprint density at radius 2 is 2.28 bits per heavy atom. The van der Waals surface area contributed by atoms with Crippen molar-refractivity contribution < 1.29 is 19.0 Å². The van der Waals surface area contributed by atoms with Gasteiger partial charge in [-0.2, -0.15) is 13.7 Å². The van der Waals surface area contributed by atoms with E-state index in [2.05, 4.69) is 14.1 Å². The number of methoxy groups -OCH3 is 1. The number of carbonyl (C=O) groups is 1. The summed E-state index contributed by atoms with van der Waals surface area (Å²) in [6, 6.07) is 0. The van der Waals surface area contributed by atoms with Crippen LogP contribution < -0.4 is 4.90 Å². The minimum absolute atomic E-state index is 0.110. The van der Waals surface area contributed by atoms with Gasteiger partial charge in [-0.3, -0.25) is 0 Å². The van der Waals surface area contributed by atoms with Crippen LogP contribution in [0.15, 0.2) is 12.0 Å². The Hall–Kier alpha value is -1.12. The largest absolute Gasteiger partial charge is 0.513 e. The Morgan fingerprint density at radius 3 is 2.67 bits per heavy atom. The summed E-state index contributed by atoms with van der Waals surface area (Å²) in [5, 5.41) is 9.06. The van der Waals surface area contributed by atoms with Crippen LogP contribution in [0.1, 0.15) is 5.82 Å². The number of aromatic nitrogens is 2. The summed E-state index contributed by atoms with van der Waals surface area (Å²) in [6.45, 7) is 0. The Balaban J connectivity index is 3.01. The molecule has 0 spiro atoms. The second-order valence-electron chi connectivity index (χ2n) is 2.96. The van der Waals surface area contributed by atoms with Crippen LogP contribution in [0, 0.1) is 0 Å². The van der Waals surface area contributed by atoms with Gasteiger partial charge in [-0.25, -0.2) is 4.79 Å². The van der Waals surface area contributed by atoms with E-state index in [9.17, 15) is 9.18 Å². The minimum Gasteiger partial charge on any atom is -0.513 e. The molecule has 10 heteroatoms. The maximum absolute atomic E-state index is 13.1. The molecule has 0 unspecified atom stereocenters. The normalized spacial score (nSPS) is 12.4. The van der Waals surface area contributed by atoms with Gasteiger partial charge in [0.15, 0.2) is 5.70 Å². The molecule has 0 saturated carbocycles. The van der Waals surface area contributed by atoms with Crippen molar-refractivity contribution in [3.8, 4) is 0 Å². The monoisotopic (exact) mass is 315 g/mol. The summed E-state index contributed by atoms with van der Waals surface area (Å²) >= 11 is 11.1. The molecule has 18 heavy (non-hydrogen) atoms. The number of esters is 1. The fourth-order valence-corrected chi connectivity index (χ4v) is 1.90. The number of nitrogens with zero attached hydrogens (tertiary/aromatic N) is 3. The standard InChI is InChI=1S/C8H8Cl2FN3O3S/c1-14(4(3-15)5(16)17-2)7-12-6(13-18-7)8(9,10)11/h3,15H,1-2H3. The Morgan fingerprint density at radius 1 is 1.67 bits per heavy atom. The number of likely N-dealkylation sites (N-methyl/N-ethyl adjacent to an activating group) is 1. The van der Waals surface area contributed by atoms with Crippen molar-refractivity contribution in [3.63, 3.8) is 0 Å². The summed E-state index contributed by atoms with van der Waals surface area (Å²) in [4.78, 5) is 16.2. The predicted octanol–water partition coefficient (Wildman–Crippen LogP) is 2.10. The highest BCUT2D eigenvalue weighted by Gasteiger charge is 2.32. The molecule has 1 aromatic rings. The van der Waals surface area contributed by atoms with E-state index < -0.39 is 16.4 Å². The third-order valence-corrected chi connectivity index (χ3v) is 2.96. The van der Waals surface area contributed by atoms with Gasteiger partial charge in [-0.05, 0) is 0 Å². The van der Waals surface area contributed by atoms with Gasteiger partial charge in [-0.15, -0.1) is 0 Å². The summed E-state index contributed by atoms with van der Waals surface area (Å²) in [5.74, 6) is -1.24. The quantitative estimate of drug-likeness (QED) is 0.397. The van der Waals surface area contributed by atoms with Gasteiger partial charge in [0, 0.05) is 18.6 Å². The molecular weight excluding hydrogens is 308 g/mol. The fourth-order valence-electron chi connectivity index (χ4n) is 0.951. The van der Waals surface area contributed by atoms with Crippen molar-refractivity contribution in [1.29, 1.82) is 0 Å². The molecular formula is C8H8Cl2FN3O3S. The zero-order valence-electron chi connectivity index (χ0n) is 9.22. The highest BCUT2D eigenvalue weighted by molar-refractivity contribution is 7.09. The molecule has 0 saturated heterocycles. The van der Waals surface area contributed by atoms with Crippen molar-refractivity contribution in [2.75, 3.05) is 19.1 Å². The summed E-state index contributed by atoms with van der Waals surface area (Å²) in [5.41, 5.74) is -0.200. The lowest BCUT2D eigenvalue weighted by Crippen LogP contribution is -2.24. The van der Waals surface area contributed by atoms with Crippen LogP contribution in [-0.4, -0.2) is 34.6 Å². The number of carbonyl (C=O) groups excluding carboxylic acids is 1. The third kappa shape index (κ3) is 3.21. The number of halogens is 3. The van der Waals surface area contributed by atoms with Gasteiger partial charge in [0.1, 0.15) is 6.26 Å². The number of alkyl halides is 3. The molecule has 0 amide bonds. The number of ether oxygens (including phenoxy) is 1. The number of rotatable bonds is 4. The molecule has 0 radical (unpaired) electrons. The van der Waals surface area contributed by atoms with Crippen LogP contribution in [0.5, 0.6) is 0 Å². The molecule has 0 aliphatic rings. The predicted molar refractivity (Wildman–Crippen MR) is 65.5 cm³/mol. The molecule has 1 aromatic heterocycles. The molecule has 0 aliphatic heterocycles. The third-order valence-electron chi connectivity index (χ3n) is 1.83. The highest BCUT2D eigenvalue weighted by Crippen LogP contribution is 2.35. The van der Waals surface area contributed by atoms with Crippen LogP contribution in [0.4, 0.5) is 9.52 Å². The van der Waals surface area contributed by atoms with Crippen molar-refractivity contribution in [1.82, 2.24) is 9.36 Å². The van der Waals surface area contributed by atoms with Gasteiger partial charge in [0.25, 0.3) is 0 Å². The molecule has 0 atom stereocenters. The Kier molecular flexibility index (Phi) is 4.71. The lowest BCUT2D eigenvalue weighted by Gasteiger charge is -2.15. The molecule has 1 heterocycles. The molecule has 0 aromatic carbocycles. The lowest BCUT2D eigenvalue weighted by molar-refractivity contribution is -0.136. The number of hydrogen-bond donors (Lipinski definition) is 1. The zero-order valence-corrected chi connectivity index (χ0v) is 11.6. The molecule has 1 N–H and O–H groups in total. The second kappa shape index (κ2) is 5.68. The average molecular weight is 316 g/mol. The van der Waals surface area contributed by atoms with Crippen molar-refractivity contribution >= 4 is 45.8 Å². The Labute approximate surface area is 116 Å². The topological polar surface area (TPSA) is 75.6 Å². The van der Waals surface area contributed by atoms with E-state index in [1.54, 1.807) is 0 Å². The maximum atomic E-state index is 13.1. The minimum atomic E-state index is -2.72. The first-order valence-electron chi connectivity index (χ1n) is 4.38. The van der Waals surface area contributed by atoms with Crippen LogP contribution in [0.2, 0.25) is 0 Å². The zero-order chi connectivity index (χ0) is 13.9. The first kappa shape index (κ1) is 14.9. The number of hydrogen-bond acceptors (Lipinski definition) is 7. The SMILES string of the molecule is COC(=O)C(=CO)N(C)c1nc(C(F)(Cl)Cl)ns1. The van der Waals surface area contributed by atoms with E-state index in [0.717, 1.165) is 23.5 Å². The van der Waals surface area contributed by atoms with Crippen LogP contribution >= 0.6 is 34.7 Å². The van der Waals surface area contributed by atoms with Gasteiger partial charge in [-0.1, -0.05) is 23.2 Å². The van der Waals surface area contributed by atoms with Crippen molar-refractivity contribution in [2.24, 2.45) is 0 Å². The maximum Gasteiger partial charge on any atom is 0.357 e. The molecule has 0 bridgehead atoms. The Bertz CT molecular complexity index is 474. The number of anilines is 1. The highest BCUT2D eigenvalue weighted by atomic mass is 35.5. The average Bonchev–Trinajstić information content (AvgIpc) is 2.78. The summed E-state index contributed by atoms with van der Waals surface area (Å²) < 4.78 is 18.5. The molecule has 100 valence electrons. The van der Waals surface area contributed by atoms with E-state index >= 15 is 0 Å². The van der Waals surface area contributed by atoms with E-state index in [-0.39, 0.29) is 10.8 Å². The van der Waals surface area contributed by atoms with Gasteiger partial charge < -0.3 is 14.7 Å². The van der Waals surface area contributed by atoms with E-state index in [1.807, 2.05) is 0 Å². The van der Waals surface area contributed by atoms with E-state index in [4.69, 9.17) is 28.3 Å². The molecule has 0 fully saturated rings. The fraction of sp³-hybridized carbons (Fsp3) is 0.375. The van der Waals surface area contributed by atoms with Gasteiger partial charge >= 0.3 is 10.6 Å². The lowest BCUT2D eigenvalue weighted by atomic mass is 10.4. The molecule has 1 rings (SSSR count).